The third kappa shape index (κ3) is 5.17. The number of rotatable bonds is 8. The lowest BCUT2D eigenvalue weighted by Crippen LogP contribution is -2.42. The lowest BCUT2D eigenvalue weighted by atomic mass is 10.1. The molecule has 1 N–H and O–H groups in total. The molecule has 3 aromatic rings. The maximum Gasteiger partial charge on any atom is 0.358 e. The molecule has 1 aliphatic rings. The zero-order chi connectivity index (χ0) is 22.5. The minimum atomic E-state index is -0.457. The Morgan fingerprint density at radius 2 is 1.94 bits per heavy atom. The molecule has 166 valence electrons. The molecule has 7 nitrogen and oxygen atoms in total. The summed E-state index contributed by atoms with van der Waals surface area (Å²) in [5.41, 5.74) is 2.76. The average molecular weight is 433 g/mol. The van der Waals surface area contributed by atoms with Crippen LogP contribution in [-0.4, -0.2) is 39.3 Å². The molecular formula is C25H28N4O3. The van der Waals surface area contributed by atoms with Gasteiger partial charge in [-0.05, 0) is 62.4 Å². The summed E-state index contributed by atoms with van der Waals surface area (Å²) in [7, 11) is 0. The van der Waals surface area contributed by atoms with E-state index in [1.54, 1.807) is 23.9 Å². The maximum atomic E-state index is 13.2. The summed E-state index contributed by atoms with van der Waals surface area (Å²) in [5, 5.41) is 7.33. The van der Waals surface area contributed by atoms with Crippen molar-refractivity contribution in [1.82, 2.24) is 14.7 Å². The van der Waals surface area contributed by atoms with Crippen LogP contribution in [0.15, 0.2) is 66.9 Å². The van der Waals surface area contributed by atoms with Gasteiger partial charge >= 0.3 is 12.0 Å². The molecule has 0 bridgehead atoms. The van der Waals surface area contributed by atoms with Crippen molar-refractivity contribution in [2.45, 2.75) is 39.3 Å². The van der Waals surface area contributed by atoms with Crippen molar-refractivity contribution in [3.63, 3.8) is 0 Å². The molecule has 0 aliphatic heterocycles. The second kappa shape index (κ2) is 9.68. The number of ether oxygens (including phenoxy) is 1. The van der Waals surface area contributed by atoms with E-state index in [4.69, 9.17) is 4.74 Å². The Kier molecular flexibility index (Phi) is 6.54. The highest BCUT2D eigenvalue weighted by molar-refractivity contribution is 5.90. The van der Waals surface area contributed by atoms with Crippen LogP contribution in [0.2, 0.25) is 0 Å². The average Bonchev–Trinajstić information content (AvgIpc) is 3.54. The number of benzene rings is 2. The minimum Gasteiger partial charge on any atom is -0.461 e. The van der Waals surface area contributed by atoms with E-state index >= 15 is 0 Å². The van der Waals surface area contributed by atoms with Crippen molar-refractivity contribution in [1.29, 1.82) is 0 Å². The number of amides is 2. The zero-order valence-corrected chi connectivity index (χ0v) is 18.4. The van der Waals surface area contributed by atoms with Gasteiger partial charge in [-0.25, -0.2) is 14.3 Å². The van der Waals surface area contributed by atoms with Crippen LogP contribution in [0.25, 0.3) is 5.69 Å². The van der Waals surface area contributed by atoms with E-state index in [1.807, 2.05) is 59.5 Å². The molecule has 0 spiro atoms. The number of carbonyl (C=O) groups is 2. The number of carbonyl (C=O) groups excluding carboxylic acids is 2. The molecule has 1 saturated carbocycles. The summed E-state index contributed by atoms with van der Waals surface area (Å²) >= 11 is 0. The van der Waals surface area contributed by atoms with Gasteiger partial charge in [0.2, 0.25) is 0 Å². The van der Waals surface area contributed by atoms with Crippen molar-refractivity contribution < 1.29 is 14.3 Å². The molecule has 0 saturated heterocycles. The Balaban J connectivity index is 1.50. The Morgan fingerprint density at radius 3 is 2.66 bits per heavy atom. The molecule has 1 unspecified atom stereocenters. The Morgan fingerprint density at radius 1 is 1.16 bits per heavy atom. The number of hydrogen-bond donors (Lipinski definition) is 1. The van der Waals surface area contributed by atoms with E-state index in [9.17, 15) is 9.59 Å². The number of nitrogens with one attached hydrogen (secondary N) is 1. The topological polar surface area (TPSA) is 76.5 Å². The third-order valence-corrected chi connectivity index (χ3v) is 5.69. The highest BCUT2D eigenvalue weighted by Crippen LogP contribution is 2.36. The molecule has 7 heteroatoms. The quantitative estimate of drug-likeness (QED) is 0.515. The van der Waals surface area contributed by atoms with Gasteiger partial charge < -0.3 is 15.0 Å². The standard InChI is InChI=1S/C25H28N4O3/c1-3-32-24(30)23-14-15-29(27-23)22-11-7-10-21(16-22)26-25(31)28(18(2)20-12-13-20)17-19-8-5-4-6-9-19/h4-11,14-16,18,20H,3,12-13,17H2,1-2H3,(H,26,31). The first kappa shape index (κ1) is 21.6. The number of hydrogen-bond acceptors (Lipinski definition) is 4. The van der Waals surface area contributed by atoms with Gasteiger partial charge in [-0.15, -0.1) is 0 Å². The smallest absolute Gasteiger partial charge is 0.358 e. The van der Waals surface area contributed by atoms with Gasteiger partial charge in [-0.2, -0.15) is 5.10 Å². The molecule has 1 fully saturated rings. The summed E-state index contributed by atoms with van der Waals surface area (Å²) in [4.78, 5) is 27.0. The maximum absolute atomic E-state index is 13.2. The fraction of sp³-hybridized carbons (Fsp3) is 0.320. The molecule has 0 radical (unpaired) electrons. The largest absolute Gasteiger partial charge is 0.461 e. The highest BCUT2D eigenvalue weighted by Gasteiger charge is 2.34. The van der Waals surface area contributed by atoms with Gasteiger partial charge in [0.15, 0.2) is 5.69 Å². The van der Waals surface area contributed by atoms with Crippen LogP contribution in [0.3, 0.4) is 0 Å². The van der Waals surface area contributed by atoms with Crippen LogP contribution >= 0.6 is 0 Å². The lowest BCUT2D eigenvalue weighted by molar-refractivity contribution is 0.0519. The molecule has 4 rings (SSSR count). The Labute approximate surface area is 188 Å². The van der Waals surface area contributed by atoms with Gasteiger partial charge in [-0.3, -0.25) is 0 Å². The summed E-state index contributed by atoms with van der Waals surface area (Å²) in [6.07, 6.45) is 4.03. The first-order valence-electron chi connectivity index (χ1n) is 11.0. The van der Waals surface area contributed by atoms with Gasteiger partial charge in [0.1, 0.15) is 0 Å². The minimum absolute atomic E-state index is 0.127. The van der Waals surface area contributed by atoms with E-state index in [0.717, 1.165) is 24.1 Å². The van der Waals surface area contributed by atoms with Crippen molar-refractivity contribution in [2.75, 3.05) is 11.9 Å². The summed E-state index contributed by atoms with van der Waals surface area (Å²) in [5.74, 6) is 0.0995. The van der Waals surface area contributed by atoms with Crippen molar-refractivity contribution in [2.24, 2.45) is 5.92 Å². The predicted octanol–water partition coefficient (Wildman–Crippen LogP) is 4.88. The summed E-state index contributed by atoms with van der Waals surface area (Å²) in [6, 6.07) is 19.1. The number of aromatic nitrogens is 2. The number of nitrogens with zero attached hydrogens (tertiary/aromatic N) is 3. The highest BCUT2D eigenvalue weighted by atomic mass is 16.5. The second-order valence-corrected chi connectivity index (χ2v) is 8.04. The number of urea groups is 1. The van der Waals surface area contributed by atoms with Gasteiger partial charge in [-0.1, -0.05) is 36.4 Å². The van der Waals surface area contributed by atoms with E-state index in [0.29, 0.717) is 24.8 Å². The zero-order valence-electron chi connectivity index (χ0n) is 18.4. The monoisotopic (exact) mass is 432 g/mol. The third-order valence-electron chi connectivity index (χ3n) is 5.69. The van der Waals surface area contributed by atoms with Crippen LogP contribution in [0.5, 0.6) is 0 Å². The van der Waals surface area contributed by atoms with Crippen molar-refractivity contribution in [3.8, 4) is 5.69 Å². The fourth-order valence-electron chi connectivity index (χ4n) is 3.72. The van der Waals surface area contributed by atoms with Crippen molar-refractivity contribution in [3.05, 3.63) is 78.1 Å². The van der Waals surface area contributed by atoms with E-state index in [-0.39, 0.29) is 17.8 Å². The molecule has 1 heterocycles. The van der Waals surface area contributed by atoms with Crippen LogP contribution < -0.4 is 5.32 Å². The SMILES string of the molecule is CCOC(=O)c1ccn(-c2cccc(NC(=O)N(Cc3ccccc3)C(C)C3CC3)c2)n1. The molecule has 1 aromatic heterocycles. The normalized spacial score (nSPS) is 13.9. The van der Waals surface area contributed by atoms with Crippen LogP contribution in [0.4, 0.5) is 10.5 Å². The first-order valence-corrected chi connectivity index (χ1v) is 11.0. The van der Waals surface area contributed by atoms with Crippen LogP contribution in [0, 0.1) is 5.92 Å². The van der Waals surface area contributed by atoms with E-state index < -0.39 is 5.97 Å². The summed E-state index contributed by atoms with van der Waals surface area (Å²) < 4.78 is 6.59. The number of esters is 1. The van der Waals surface area contributed by atoms with E-state index in [2.05, 4.69) is 17.3 Å². The predicted molar refractivity (Wildman–Crippen MR) is 123 cm³/mol. The van der Waals surface area contributed by atoms with Crippen molar-refractivity contribution >= 4 is 17.7 Å². The van der Waals surface area contributed by atoms with E-state index in [1.165, 1.54) is 0 Å². The number of anilines is 1. The van der Waals surface area contributed by atoms with Crippen LogP contribution in [-0.2, 0) is 11.3 Å². The summed E-state index contributed by atoms with van der Waals surface area (Å²) in [6.45, 7) is 4.74. The second-order valence-electron chi connectivity index (χ2n) is 8.04. The Hall–Kier alpha value is -3.61. The Bertz CT molecular complexity index is 1080. The van der Waals surface area contributed by atoms with Gasteiger partial charge in [0.25, 0.3) is 0 Å². The van der Waals surface area contributed by atoms with Crippen LogP contribution in [0.1, 0.15) is 42.7 Å². The molecule has 1 aliphatic carbocycles. The molecular weight excluding hydrogens is 404 g/mol. The lowest BCUT2D eigenvalue weighted by Gasteiger charge is -2.30. The molecule has 32 heavy (non-hydrogen) atoms. The fourth-order valence-corrected chi connectivity index (χ4v) is 3.72. The first-order chi connectivity index (χ1) is 15.5. The van der Waals surface area contributed by atoms with Gasteiger partial charge in [0, 0.05) is 24.5 Å². The molecule has 2 amide bonds. The van der Waals surface area contributed by atoms with Gasteiger partial charge in [0.05, 0.1) is 12.3 Å². The molecule has 1 atom stereocenters. The molecule has 2 aromatic carbocycles.